The van der Waals surface area contributed by atoms with Gasteiger partial charge < -0.3 is 14.6 Å². The van der Waals surface area contributed by atoms with E-state index < -0.39 is 0 Å². The number of amides is 1. The molecule has 0 bridgehead atoms. The maximum absolute atomic E-state index is 12.5. The second-order valence-corrected chi connectivity index (χ2v) is 6.89. The summed E-state index contributed by atoms with van der Waals surface area (Å²) in [5.41, 5.74) is 4.06. The van der Waals surface area contributed by atoms with Gasteiger partial charge in [-0.1, -0.05) is 27.2 Å². The number of aryl methyl sites for hydroxylation is 3. The van der Waals surface area contributed by atoms with E-state index in [1.54, 1.807) is 18.2 Å². The van der Waals surface area contributed by atoms with E-state index in [1.165, 1.54) is 0 Å². The van der Waals surface area contributed by atoms with Gasteiger partial charge in [-0.15, -0.1) is 0 Å². The van der Waals surface area contributed by atoms with Gasteiger partial charge in [0, 0.05) is 15.7 Å². The molecule has 0 fully saturated rings. The van der Waals surface area contributed by atoms with Crippen molar-refractivity contribution >= 4 is 27.5 Å². The highest BCUT2D eigenvalue weighted by Gasteiger charge is 2.11. The summed E-state index contributed by atoms with van der Waals surface area (Å²) in [6.07, 6.45) is 0. The molecule has 1 heterocycles. The largest absolute Gasteiger partial charge is 0.489 e. The van der Waals surface area contributed by atoms with Crippen LogP contribution in [0.25, 0.3) is 0 Å². The van der Waals surface area contributed by atoms with Crippen molar-refractivity contribution < 1.29 is 14.1 Å². The standard InChI is InChI=1S/C20H19BrN2O3/c1-12-9-16(7-8-19(12)21)22-20(24)15-5-4-6-17(10-15)25-11-18-13(2)23-26-14(18)3/h4-10H,11H2,1-3H3,(H,22,24). The second-order valence-electron chi connectivity index (χ2n) is 6.04. The number of rotatable bonds is 5. The lowest BCUT2D eigenvalue weighted by molar-refractivity contribution is 0.102. The van der Waals surface area contributed by atoms with E-state index in [0.29, 0.717) is 17.9 Å². The molecule has 1 N–H and O–H groups in total. The van der Waals surface area contributed by atoms with E-state index in [-0.39, 0.29) is 5.91 Å². The third kappa shape index (κ3) is 4.14. The lowest BCUT2D eigenvalue weighted by Crippen LogP contribution is -2.12. The summed E-state index contributed by atoms with van der Waals surface area (Å²) in [6, 6.07) is 12.8. The molecule has 0 spiro atoms. The van der Waals surface area contributed by atoms with Crippen molar-refractivity contribution in [3.05, 3.63) is 75.1 Å². The summed E-state index contributed by atoms with van der Waals surface area (Å²) < 4.78 is 11.9. The van der Waals surface area contributed by atoms with Crippen LogP contribution in [0.2, 0.25) is 0 Å². The van der Waals surface area contributed by atoms with E-state index >= 15 is 0 Å². The topological polar surface area (TPSA) is 64.4 Å². The number of carbonyl (C=O) groups excluding carboxylic acids is 1. The van der Waals surface area contributed by atoms with E-state index in [4.69, 9.17) is 9.26 Å². The van der Waals surface area contributed by atoms with Crippen molar-refractivity contribution in [3.8, 4) is 5.75 Å². The first kappa shape index (κ1) is 18.2. The minimum absolute atomic E-state index is 0.186. The number of hydrogen-bond donors (Lipinski definition) is 1. The molecule has 0 aliphatic carbocycles. The summed E-state index contributed by atoms with van der Waals surface area (Å²) in [7, 11) is 0. The van der Waals surface area contributed by atoms with Gasteiger partial charge in [0.1, 0.15) is 18.1 Å². The Labute approximate surface area is 160 Å². The molecule has 0 aliphatic heterocycles. The van der Waals surface area contributed by atoms with E-state index in [0.717, 1.165) is 32.7 Å². The quantitative estimate of drug-likeness (QED) is 0.623. The lowest BCUT2D eigenvalue weighted by Gasteiger charge is -2.09. The number of nitrogens with one attached hydrogen (secondary N) is 1. The van der Waals surface area contributed by atoms with E-state index in [2.05, 4.69) is 26.4 Å². The van der Waals surface area contributed by atoms with Crippen molar-refractivity contribution in [1.29, 1.82) is 0 Å². The predicted octanol–water partition coefficient (Wildman–Crippen LogP) is 5.19. The fourth-order valence-corrected chi connectivity index (χ4v) is 2.76. The molecule has 1 aromatic heterocycles. The molecular weight excluding hydrogens is 396 g/mol. The zero-order valence-corrected chi connectivity index (χ0v) is 16.4. The number of halogens is 1. The Bertz CT molecular complexity index is 930. The molecule has 2 aromatic carbocycles. The monoisotopic (exact) mass is 414 g/mol. The highest BCUT2D eigenvalue weighted by atomic mass is 79.9. The number of ether oxygens (including phenoxy) is 1. The first-order valence-electron chi connectivity index (χ1n) is 8.16. The molecule has 0 saturated carbocycles. The third-order valence-corrected chi connectivity index (χ3v) is 4.97. The van der Waals surface area contributed by atoms with Crippen LogP contribution in [0.1, 0.15) is 32.9 Å². The maximum atomic E-state index is 12.5. The minimum atomic E-state index is -0.186. The zero-order valence-electron chi connectivity index (χ0n) is 14.8. The zero-order chi connectivity index (χ0) is 18.7. The Morgan fingerprint density at radius 2 is 2.00 bits per heavy atom. The first-order valence-corrected chi connectivity index (χ1v) is 8.95. The SMILES string of the molecule is Cc1cc(NC(=O)c2cccc(OCc3c(C)noc3C)c2)ccc1Br. The Balaban J connectivity index is 1.70. The van der Waals surface area contributed by atoms with Gasteiger partial charge in [-0.2, -0.15) is 0 Å². The molecule has 1 amide bonds. The van der Waals surface area contributed by atoms with Crippen molar-refractivity contribution in [2.75, 3.05) is 5.32 Å². The highest BCUT2D eigenvalue weighted by Crippen LogP contribution is 2.22. The van der Waals surface area contributed by atoms with E-state index in [1.807, 2.05) is 45.0 Å². The van der Waals surface area contributed by atoms with Gasteiger partial charge in [0.2, 0.25) is 0 Å². The van der Waals surface area contributed by atoms with Crippen LogP contribution in [-0.4, -0.2) is 11.1 Å². The molecule has 0 atom stereocenters. The summed E-state index contributed by atoms with van der Waals surface area (Å²) in [4.78, 5) is 12.5. The summed E-state index contributed by atoms with van der Waals surface area (Å²) in [5, 5.41) is 6.81. The molecule has 3 aromatic rings. The number of carbonyl (C=O) groups is 1. The van der Waals surface area contributed by atoms with Crippen LogP contribution < -0.4 is 10.1 Å². The Morgan fingerprint density at radius 3 is 2.69 bits per heavy atom. The first-order chi connectivity index (χ1) is 12.4. The van der Waals surface area contributed by atoms with Crippen LogP contribution in [-0.2, 0) is 6.61 Å². The van der Waals surface area contributed by atoms with Crippen LogP contribution in [0.5, 0.6) is 5.75 Å². The summed E-state index contributed by atoms with van der Waals surface area (Å²) in [6.45, 7) is 6.04. The third-order valence-electron chi connectivity index (χ3n) is 4.08. The number of anilines is 1. The van der Waals surface area contributed by atoms with Gasteiger partial charge in [-0.05, 0) is 62.7 Å². The van der Waals surface area contributed by atoms with Gasteiger partial charge in [-0.25, -0.2) is 0 Å². The smallest absolute Gasteiger partial charge is 0.255 e. The van der Waals surface area contributed by atoms with Crippen molar-refractivity contribution in [2.24, 2.45) is 0 Å². The molecule has 0 saturated heterocycles. The normalized spacial score (nSPS) is 10.6. The number of aromatic nitrogens is 1. The lowest BCUT2D eigenvalue weighted by atomic mass is 10.1. The molecule has 0 unspecified atom stereocenters. The van der Waals surface area contributed by atoms with Crippen molar-refractivity contribution in [3.63, 3.8) is 0 Å². The Morgan fingerprint density at radius 1 is 1.19 bits per heavy atom. The molecule has 134 valence electrons. The van der Waals surface area contributed by atoms with Crippen LogP contribution in [0.3, 0.4) is 0 Å². The van der Waals surface area contributed by atoms with Crippen LogP contribution >= 0.6 is 15.9 Å². The minimum Gasteiger partial charge on any atom is -0.489 e. The molecular formula is C20H19BrN2O3. The molecule has 0 radical (unpaired) electrons. The van der Waals surface area contributed by atoms with Gasteiger partial charge in [-0.3, -0.25) is 4.79 Å². The van der Waals surface area contributed by atoms with Crippen LogP contribution in [0, 0.1) is 20.8 Å². The van der Waals surface area contributed by atoms with Gasteiger partial charge in [0.05, 0.1) is 11.3 Å². The molecule has 3 rings (SSSR count). The molecule has 5 nitrogen and oxygen atoms in total. The molecule has 0 aliphatic rings. The fraction of sp³-hybridized carbons (Fsp3) is 0.200. The summed E-state index contributed by atoms with van der Waals surface area (Å²) in [5.74, 6) is 1.17. The molecule has 6 heteroatoms. The van der Waals surface area contributed by atoms with Gasteiger partial charge in [0.15, 0.2) is 0 Å². The van der Waals surface area contributed by atoms with Gasteiger partial charge in [0.25, 0.3) is 5.91 Å². The van der Waals surface area contributed by atoms with Crippen molar-refractivity contribution in [1.82, 2.24) is 5.16 Å². The Kier molecular flexibility index (Phi) is 5.42. The molecule has 26 heavy (non-hydrogen) atoms. The highest BCUT2D eigenvalue weighted by molar-refractivity contribution is 9.10. The maximum Gasteiger partial charge on any atom is 0.255 e. The average molecular weight is 415 g/mol. The van der Waals surface area contributed by atoms with Gasteiger partial charge >= 0.3 is 0 Å². The number of hydrogen-bond acceptors (Lipinski definition) is 4. The number of nitrogens with zero attached hydrogens (tertiary/aromatic N) is 1. The van der Waals surface area contributed by atoms with E-state index in [9.17, 15) is 4.79 Å². The second kappa shape index (κ2) is 7.74. The number of benzene rings is 2. The Hall–Kier alpha value is -2.60. The van der Waals surface area contributed by atoms with Crippen molar-refractivity contribution in [2.45, 2.75) is 27.4 Å². The average Bonchev–Trinajstić information content (AvgIpc) is 2.94. The fourth-order valence-electron chi connectivity index (χ4n) is 2.52. The predicted molar refractivity (Wildman–Crippen MR) is 104 cm³/mol. The summed E-state index contributed by atoms with van der Waals surface area (Å²) >= 11 is 3.45. The van der Waals surface area contributed by atoms with Crippen LogP contribution in [0.15, 0.2) is 51.5 Å². The van der Waals surface area contributed by atoms with Crippen LogP contribution in [0.4, 0.5) is 5.69 Å².